The molecule has 1 aromatic heterocycles. The fourth-order valence-electron chi connectivity index (χ4n) is 1.80. The highest BCUT2D eigenvalue weighted by Crippen LogP contribution is 2.20. The summed E-state index contributed by atoms with van der Waals surface area (Å²) in [5.41, 5.74) is 7.51. The van der Waals surface area contributed by atoms with Gasteiger partial charge in [-0.1, -0.05) is 37.3 Å². The number of carbonyl (C=O) groups is 1. The SMILES string of the molecule is CC[C@H](C)c1ccc(NC(=O)NCc2nnc(N)s2)cc1. The molecule has 4 N–H and O–H groups in total. The van der Waals surface area contributed by atoms with E-state index in [9.17, 15) is 4.79 Å². The van der Waals surface area contributed by atoms with E-state index < -0.39 is 0 Å². The maximum absolute atomic E-state index is 11.8. The van der Waals surface area contributed by atoms with Gasteiger partial charge in [0, 0.05) is 5.69 Å². The Morgan fingerprint density at radius 1 is 1.33 bits per heavy atom. The Kier molecular flexibility index (Phi) is 5.10. The Labute approximate surface area is 127 Å². The quantitative estimate of drug-likeness (QED) is 0.791. The van der Waals surface area contributed by atoms with Crippen LogP contribution in [0.15, 0.2) is 24.3 Å². The van der Waals surface area contributed by atoms with Crippen LogP contribution >= 0.6 is 11.3 Å². The third-order valence-electron chi connectivity index (χ3n) is 3.23. The number of urea groups is 1. The number of rotatable bonds is 5. The maximum Gasteiger partial charge on any atom is 0.319 e. The topological polar surface area (TPSA) is 92.9 Å². The number of carbonyl (C=O) groups excluding carboxylic acids is 1. The van der Waals surface area contributed by atoms with E-state index >= 15 is 0 Å². The van der Waals surface area contributed by atoms with E-state index in [1.54, 1.807) is 0 Å². The Hall–Kier alpha value is -2.15. The van der Waals surface area contributed by atoms with Gasteiger partial charge in [0.1, 0.15) is 5.01 Å². The van der Waals surface area contributed by atoms with Gasteiger partial charge in [-0.05, 0) is 30.0 Å². The number of nitrogens with two attached hydrogens (primary N) is 1. The van der Waals surface area contributed by atoms with Gasteiger partial charge in [0.2, 0.25) is 5.13 Å². The van der Waals surface area contributed by atoms with E-state index in [1.807, 2.05) is 24.3 Å². The summed E-state index contributed by atoms with van der Waals surface area (Å²) < 4.78 is 0. The van der Waals surface area contributed by atoms with Crippen LogP contribution in [0.25, 0.3) is 0 Å². The van der Waals surface area contributed by atoms with Gasteiger partial charge in [0.25, 0.3) is 0 Å². The fourth-order valence-corrected chi connectivity index (χ4v) is 2.35. The van der Waals surface area contributed by atoms with Crippen LogP contribution in [0.3, 0.4) is 0 Å². The molecule has 0 fully saturated rings. The van der Waals surface area contributed by atoms with Gasteiger partial charge in [-0.15, -0.1) is 10.2 Å². The first-order valence-corrected chi connectivity index (χ1v) is 7.62. The average Bonchev–Trinajstić information content (AvgIpc) is 2.91. The van der Waals surface area contributed by atoms with Gasteiger partial charge < -0.3 is 16.4 Å². The lowest BCUT2D eigenvalue weighted by Gasteiger charge is -2.10. The summed E-state index contributed by atoms with van der Waals surface area (Å²) in [6, 6.07) is 7.61. The predicted molar refractivity (Wildman–Crippen MR) is 85.3 cm³/mol. The van der Waals surface area contributed by atoms with Crippen molar-refractivity contribution in [2.24, 2.45) is 0 Å². The molecule has 21 heavy (non-hydrogen) atoms. The van der Waals surface area contributed by atoms with Crippen molar-refractivity contribution in [2.45, 2.75) is 32.7 Å². The molecule has 0 aliphatic carbocycles. The molecule has 0 saturated heterocycles. The summed E-state index contributed by atoms with van der Waals surface area (Å²) in [4.78, 5) is 11.8. The van der Waals surface area contributed by atoms with E-state index in [2.05, 4.69) is 34.7 Å². The van der Waals surface area contributed by atoms with Crippen molar-refractivity contribution in [1.82, 2.24) is 15.5 Å². The zero-order valence-electron chi connectivity index (χ0n) is 12.1. The second-order valence-corrected chi connectivity index (χ2v) is 5.87. The zero-order chi connectivity index (χ0) is 15.2. The van der Waals surface area contributed by atoms with Crippen LogP contribution in [0.1, 0.15) is 36.8 Å². The third kappa shape index (κ3) is 4.42. The van der Waals surface area contributed by atoms with E-state index in [-0.39, 0.29) is 6.03 Å². The van der Waals surface area contributed by atoms with E-state index in [0.29, 0.717) is 22.6 Å². The molecule has 0 radical (unpaired) electrons. The molecule has 0 spiro atoms. The summed E-state index contributed by atoms with van der Waals surface area (Å²) in [7, 11) is 0. The van der Waals surface area contributed by atoms with Gasteiger partial charge >= 0.3 is 6.03 Å². The van der Waals surface area contributed by atoms with Crippen LogP contribution in [-0.2, 0) is 6.54 Å². The number of hydrogen-bond acceptors (Lipinski definition) is 5. The van der Waals surface area contributed by atoms with Gasteiger partial charge in [-0.2, -0.15) is 0 Å². The van der Waals surface area contributed by atoms with Crippen molar-refractivity contribution >= 4 is 28.2 Å². The predicted octanol–water partition coefficient (Wildman–Crippen LogP) is 2.96. The van der Waals surface area contributed by atoms with Crippen molar-refractivity contribution < 1.29 is 4.79 Å². The maximum atomic E-state index is 11.8. The average molecular weight is 305 g/mol. The lowest BCUT2D eigenvalue weighted by molar-refractivity contribution is 0.251. The molecule has 2 aromatic rings. The number of nitrogens with one attached hydrogen (secondary N) is 2. The number of benzene rings is 1. The van der Waals surface area contributed by atoms with Crippen LogP contribution in [0.5, 0.6) is 0 Å². The van der Waals surface area contributed by atoms with Crippen LogP contribution in [0, 0.1) is 0 Å². The summed E-state index contributed by atoms with van der Waals surface area (Å²) >= 11 is 1.26. The molecule has 7 heteroatoms. The lowest BCUT2D eigenvalue weighted by Crippen LogP contribution is -2.28. The molecule has 1 aromatic carbocycles. The molecule has 0 saturated carbocycles. The zero-order valence-corrected chi connectivity index (χ0v) is 12.9. The summed E-state index contributed by atoms with van der Waals surface area (Å²) in [6.07, 6.45) is 1.10. The summed E-state index contributed by atoms with van der Waals surface area (Å²) in [5.74, 6) is 0.524. The molecule has 0 aliphatic rings. The highest BCUT2D eigenvalue weighted by molar-refractivity contribution is 7.15. The van der Waals surface area contributed by atoms with Gasteiger partial charge in [0.15, 0.2) is 0 Å². The monoisotopic (exact) mass is 305 g/mol. The minimum absolute atomic E-state index is 0.278. The number of nitrogens with zero attached hydrogens (tertiary/aromatic N) is 2. The number of aromatic nitrogens is 2. The van der Waals surface area contributed by atoms with E-state index in [0.717, 1.165) is 12.1 Å². The Morgan fingerprint density at radius 3 is 2.62 bits per heavy atom. The van der Waals surface area contributed by atoms with Crippen LogP contribution in [0.4, 0.5) is 15.6 Å². The van der Waals surface area contributed by atoms with E-state index in [4.69, 9.17) is 5.73 Å². The Morgan fingerprint density at radius 2 is 2.05 bits per heavy atom. The van der Waals surface area contributed by atoms with Crippen molar-refractivity contribution in [3.8, 4) is 0 Å². The van der Waals surface area contributed by atoms with Crippen LogP contribution in [-0.4, -0.2) is 16.2 Å². The molecule has 0 aliphatic heterocycles. The molecule has 6 nitrogen and oxygen atoms in total. The highest BCUT2D eigenvalue weighted by Gasteiger charge is 2.06. The van der Waals surface area contributed by atoms with Gasteiger partial charge in [-0.25, -0.2) is 4.79 Å². The summed E-state index contributed by atoms with van der Waals surface area (Å²) in [6.45, 7) is 4.65. The van der Waals surface area contributed by atoms with Crippen molar-refractivity contribution in [3.63, 3.8) is 0 Å². The van der Waals surface area contributed by atoms with Crippen LogP contribution in [0.2, 0.25) is 0 Å². The summed E-state index contributed by atoms with van der Waals surface area (Å²) in [5, 5.41) is 14.1. The standard InChI is InChI=1S/C14H19N5OS/c1-3-9(2)10-4-6-11(7-5-10)17-14(20)16-8-12-18-19-13(15)21-12/h4-7,9H,3,8H2,1-2H3,(H2,15,19)(H2,16,17,20)/t9-/m0/s1. The van der Waals surface area contributed by atoms with Crippen molar-refractivity contribution in [3.05, 3.63) is 34.8 Å². The second-order valence-electron chi connectivity index (χ2n) is 4.77. The fraction of sp³-hybridized carbons (Fsp3) is 0.357. The minimum atomic E-state index is -0.278. The Bertz CT molecular complexity index is 596. The minimum Gasteiger partial charge on any atom is -0.374 e. The first kappa shape index (κ1) is 15.2. The molecule has 2 amide bonds. The number of nitrogen functional groups attached to an aromatic ring is 1. The number of hydrogen-bond donors (Lipinski definition) is 3. The Balaban J connectivity index is 1.84. The molecule has 2 rings (SSSR count). The van der Waals surface area contributed by atoms with Gasteiger partial charge in [0.05, 0.1) is 6.54 Å². The molecule has 0 unspecified atom stereocenters. The van der Waals surface area contributed by atoms with Crippen LogP contribution < -0.4 is 16.4 Å². The third-order valence-corrected chi connectivity index (χ3v) is 3.99. The molecular weight excluding hydrogens is 286 g/mol. The number of amides is 2. The molecule has 112 valence electrons. The molecular formula is C14H19N5OS. The molecule has 1 heterocycles. The van der Waals surface area contributed by atoms with Gasteiger partial charge in [-0.3, -0.25) is 0 Å². The second kappa shape index (κ2) is 7.03. The smallest absolute Gasteiger partial charge is 0.319 e. The lowest BCUT2D eigenvalue weighted by atomic mass is 9.99. The van der Waals surface area contributed by atoms with Crippen molar-refractivity contribution in [1.29, 1.82) is 0 Å². The largest absolute Gasteiger partial charge is 0.374 e. The first-order chi connectivity index (χ1) is 10.1. The number of anilines is 2. The van der Waals surface area contributed by atoms with Crippen molar-refractivity contribution in [2.75, 3.05) is 11.1 Å². The van der Waals surface area contributed by atoms with E-state index in [1.165, 1.54) is 16.9 Å². The molecule has 0 bridgehead atoms. The normalized spacial score (nSPS) is 11.9. The highest BCUT2D eigenvalue weighted by atomic mass is 32.1. The first-order valence-electron chi connectivity index (χ1n) is 6.81. The molecule has 1 atom stereocenters.